The van der Waals surface area contributed by atoms with Crippen molar-refractivity contribution < 1.29 is 27.1 Å². The molecule has 3 aromatic carbocycles. The number of amides is 1. The van der Waals surface area contributed by atoms with E-state index in [-0.39, 0.29) is 22.5 Å². The fraction of sp³-hybridized carbons (Fsp3) is 0. The Hall–Kier alpha value is -4.32. The first-order valence-corrected chi connectivity index (χ1v) is 10.7. The molecular weight excluding hydrogens is 458 g/mol. The van der Waals surface area contributed by atoms with Crippen molar-refractivity contribution in [1.29, 1.82) is 0 Å². The van der Waals surface area contributed by atoms with Crippen LogP contribution in [-0.4, -0.2) is 29.4 Å². The van der Waals surface area contributed by atoms with Crippen LogP contribution < -0.4 is 15.0 Å². The lowest BCUT2D eigenvalue weighted by atomic mass is 10.0. The minimum atomic E-state index is -4.40. The van der Waals surface area contributed by atoms with E-state index in [1.807, 2.05) is 0 Å². The highest BCUT2D eigenvalue weighted by Gasteiger charge is 2.17. The highest BCUT2D eigenvalue weighted by atomic mass is 32.2. The number of carbonyl (C=O) groups is 1. The van der Waals surface area contributed by atoms with Crippen molar-refractivity contribution in [2.45, 2.75) is 0 Å². The largest absolute Gasteiger partial charge is 0.464 e. The molecule has 0 radical (unpaired) electrons. The Balaban J connectivity index is 1.91. The van der Waals surface area contributed by atoms with Gasteiger partial charge < -0.3 is 5.11 Å². The zero-order chi connectivity index (χ0) is 23.8. The molecule has 0 aliphatic rings. The van der Waals surface area contributed by atoms with Gasteiger partial charge in [-0.05, 0) is 30.3 Å². The van der Waals surface area contributed by atoms with Gasteiger partial charge in [-0.2, -0.15) is 18.2 Å². The van der Waals surface area contributed by atoms with Crippen molar-refractivity contribution >= 4 is 32.8 Å². The molecule has 0 aliphatic carbocycles. The molecule has 0 atom stereocenters. The van der Waals surface area contributed by atoms with Crippen molar-refractivity contribution in [2.75, 3.05) is 4.72 Å². The number of carboxylic acid groups (broad SMARTS) is 1. The van der Waals surface area contributed by atoms with E-state index in [4.69, 9.17) is 5.11 Å². The topological polar surface area (TPSA) is 130 Å². The van der Waals surface area contributed by atoms with Crippen LogP contribution in [0.1, 0.15) is 0 Å². The molecule has 0 unspecified atom stereocenters. The zero-order valence-electron chi connectivity index (χ0n) is 16.5. The summed E-state index contributed by atoms with van der Waals surface area (Å²) in [6.45, 7) is 0. The third-order valence-corrected chi connectivity index (χ3v) is 5.50. The number of hydrogen-bond donors (Lipinski definition) is 3. The van der Waals surface area contributed by atoms with Crippen molar-refractivity contribution in [3.63, 3.8) is 0 Å². The van der Waals surface area contributed by atoms with Gasteiger partial charge in [-0.1, -0.05) is 30.3 Å². The minimum Gasteiger partial charge on any atom is -0.464 e. The van der Waals surface area contributed by atoms with E-state index >= 15 is 0 Å². The van der Waals surface area contributed by atoms with Crippen molar-refractivity contribution in [3.8, 4) is 16.9 Å². The molecule has 1 heterocycles. The molecule has 0 spiro atoms. The first-order valence-electron chi connectivity index (χ1n) is 9.26. The van der Waals surface area contributed by atoms with Gasteiger partial charge in [-0.15, -0.1) is 0 Å². The van der Waals surface area contributed by atoms with Gasteiger partial charge >= 0.3 is 16.3 Å². The smallest absolute Gasteiger partial charge is 0.419 e. The first kappa shape index (κ1) is 21.9. The summed E-state index contributed by atoms with van der Waals surface area (Å²) in [5, 5.41) is 13.5. The monoisotopic (exact) mass is 472 g/mol. The van der Waals surface area contributed by atoms with Crippen LogP contribution in [0.15, 0.2) is 71.5 Å². The summed E-state index contributed by atoms with van der Waals surface area (Å²) in [6, 6.07) is 14.9. The number of rotatable bonds is 5. The highest BCUT2D eigenvalue weighted by Crippen LogP contribution is 2.28. The van der Waals surface area contributed by atoms with E-state index in [0.717, 1.165) is 16.8 Å². The van der Waals surface area contributed by atoms with Gasteiger partial charge in [0, 0.05) is 17.0 Å². The fourth-order valence-corrected chi connectivity index (χ4v) is 3.96. The molecule has 1 aromatic heterocycles. The third-order valence-electron chi connectivity index (χ3n) is 4.55. The number of benzene rings is 3. The van der Waals surface area contributed by atoms with Crippen LogP contribution in [-0.2, 0) is 10.2 Å². The predicted octanol–water partition coefficient (Wildman–Crippen LogP) is 3.26. The molecule has 0 saturated heterocycles. The normalized spacial score (nSPS) is 11.3. The summed E-state index contributed by atoms with van der Waals surface area (Å²) in [5.74, 6) is -1.81. The average molecular weight is 472 g/mol. The molecule has 0 aliphatic heterocycles. The fourth-order valence-electron chi connectivity index (χ4n) is 3.24. The van der Waals surface area contributed by atoms with Crippen LogP contribution in [0.2, 0.25) is 0 Å². The second kappa shape index (κ2) is 8.31. The molecule has 1 amide bonds. The van der Waals surface area contributed by atoms with Crippen molar-refractivity contribution in [1.82, 2.24) is 14.5 Å². The van der Waals surface area contributed by atoms with Crippen molar-refractivity contribution in [2.24, 2.45) is 0 Å². The van der Waals surface area contributed by atoms with Crippen LogP contribution >= 0.6 is 0 Å². The molecule has 0 fully saturated rings. The minimum absolute atomic E-state index is 0.0119. The molecule has 33 heavy (non-hydrogen) atoms. The number of nitrogens with zero attached hydrogens (tertiary/aromatic N) is 2. The van der Waals surface area contributed by atoms with E-state index in [9.17, 15) is 26.8 Å². The molecule has 4 aromatic rings. The number of halogens is 2. The lowest BCUT2D eigenvalue weighted by molar-refractivity contribution is 0.201. The standard InChI is InChI=1S/C21H14F2N4O5S/c22-13-8-9-18(17(23)11-13)27-20(28)16-7-2-1-6-15(16)19(24-27)12-4-3-5-14(10-12)25-33(31,32)26-21(29)30/h1-11,25-26H,(H,29,30). The summed E-state index contributed by atoms with van der Waals surface area (Å²) in [5.41, 5.74) is -0.338. The van der Waals surface area contributed by atoms with E-state index < -0.39 is 33.5 Å². The maximum absolute atomic E-state index is 14.4. The molecule has 3 N–H and O–H groups in total. The molecule has 0 bridgehead atoms. The van der Waals surface area contributed by atoms with Crippen LogP contribution in [0.25, 0.3) is 27.7 Å². The average Bonchev–Trinajstić information content (AvgIpc) is 2.74. The highest BCUT2D eigenvalue weighted by molar-refractivity contribution is 7.91. The molecule has 0 saturated carbocycles. The molecule has 168 valence electrons. The lowest BCUT2D eigenvalue weighted by Crippen LogP contribution is -2.34. The van der Waals surface area contributed by atoms with E-state index in [0.29, 0.717) is 17.0 Å². The Morgan fingerprint density at radius 1 is 0.970 bits per heavy atom. The summed E-state index contributed by atoms with van der Waals surface area (Å²) in [4.78, 5) is 23.7. The van der Waals surface area contributed by atoms with Crippen LogP contribution in [0, 0.1) is 11.6 Å². The van der Waals surface area contributed by atoms with E-state index in [1.54, 1.807) is 24.3 Å². The molecule has 4 rings (SSSR count). The number of fused-ring (bicyclic) bond motifs is 1. The second-order valence-corrected chi connectivity index (χ2v) is 8.22. The van der Waals surface area contributed by atoms with Crippen LogP contribution in [0.4, 0.5) is 19.3 Å². The maximum Gasteiger partial charge on any atom is 0.419 e. The van der Waals surface area contributed by atoms with E-state index in [1.165, 1.54) is 29.0 Å². The second-order valence-electron chi connectivity index (χ2n) is 6.80. The lowest BCUT2D eigenvalue weighted by Gasteiger charge is -2.13. The summed E-state index contributed by atoms with van der Waals surface area (Å²) in [6.07, 6.45) is -1.76. The quantitative estimate of drug-likeness (QED) is 0.409. The Kier molecular flexibility index (Phi) is 5.52. The van der Waals surface area contributed by atoms with Gasteiger partial charge in [0.2, 0.25) is 0 Å². The van der Waals surface area contributed by atoms with Gasteiger partial charge in [-0.3, -0.25) is 9.52 Å². The Bertz CT molecular complexity index is 1570. The number of hydrogen-bond acceptors (Lipinski definition) is 5. The van der Waals surface area contributed by atoms with Gasteiger partial charge in [0.1, 0.15) is 11.5 Å². The Morgan fingerprint density at radius 2 is 1.70 bits per heavy atom. The summed E-state index contributed by atoms with van der Waals surface area (Å²) >= 11 is 0. The van der Waals surface area contributed by atoms with Gasteiger partial charge in [-0.25, -0.2) is 18.3 Å². The third kappa shape index (κ3) is 4.50. The SMILES string of the molecule is O=C(O)NS(=O)(=O)Nc1cccc(-c2nn(-c3ccc(F)cc3F)c(=O)c3ccccc23)c1. The zero-order valence-corrected chi connectivity index (χ0v) is 17.3. The maximum atomic E-state index is 14.4. The molecular formula is C21H14F2N4O5S. The predicted molar refractivity (Wildman–Crippen MR) is 116 cm³/mol. The Labute approximate surface area is 185 Å². The van der Waals surface area contributed by atoms with Crippen LogP contribution in [0.5, 0.6) is 0 Å². The number of aromatic nitrogens is 2. The summed E-state index contributed by atoms with van der Waals surface area (Å²) < 4.78 is 55.8. The van der Waals surface area contributed by atoms with E-state index in [2.05, 4.69) is 9.82 Å². The molecule has 12 heteroatoms. The van der Waals surface area contributed by atoms with Crippen molar-refractivity contribution in [3.05, 3.63) is 88.7 Å². The molecule has 9 nitrogen and oxygen atoms in total. The Morgan fingerprint density at radius 3 is 2.39 bits per heavy atom. The first-order chi connectivity index (χ1) is 15.6. The number of anilines is 1. The number of nitrogens with one attached hydrogen (secondary N) is 2. The van der Waals surface area contributed by atoms with Crippen LogP contribution in [0.3, 0.4) is 0 Å². The van der Waals surface area contributed by atoms with Gasteiger partial charge in [0.15, 0.2) is 5.82 Å². The summed E-state index contributed by atoms with van der Waals surface area (Å²) in [7, 11) is -4.40. The van der Waals surface area contributed by atoms with Gasteiger partial charge in [0.05, 0.1) is 16.8 Å². The van der Waals surface area contributed by atoms with Gasteiger partial charge in [0.25, 0.3) is 5.56 Å².